The third kappa shape index (κ3) is 7.22. The summed E-state index contributed by atoms with van der Waals surface area (Å²) in [6.07, 6.45) is -6.12. The van der Waals surface area contributed by atoms with Gasteiger partial charge in [-0.25, -0.2) is 13.6 Å². The summed E-state index contributed by atoms with van der Waals surface area (Å²) in [7, 11) is 3.20. The minimum Gasteiger partial charge on any atom is -0.475 e. The Morgan fingerprint density at radius 3 is 1.80 bits per heavy atom. The topological polar surface area (TPSA) is 104 Å². The van der Waals surface area contributed by atoms with Gasteiger partial charge in [0, 0.05) is 14.1 Å². The van der Waals surface area contributed by atoms with E-state index in [1.165, 1.54) is 21.9 Å². The maximum Gasteiger partial charge on any atom is 0.490 e. The van der Waals surface area contributed by atoms with Crippen molar-refractivity contribution in [2.24, 2.45) is 5.73 Å². The molecule has 0 aliphatic carbocycles. The molecule has 190 valence electrons. The van der Waals surface area contributed by atoms with Crippen molar-refractivity contribution in [3.05, 3.63) is 59.9 Å². The van der Waals surface area contributed by atoms with Gasteiger partial charge in [-0.3, -0.25) is 9.59 Å². The van der Waals surface area contributed by atoms with Crippen LogP contribution in [0.2, 0.25) is 0 Å². The Morgan fingerprint density at radius 1 is 1.00 bits per heavy atom. The van der Waals surface area contributed by atoms with Gasteiger partial charge in [-0.1, -0.05) is 36.4 Å². The Hall–Kier alpha value is -3.54. The smallest absolute Gasteiger partial charge is 0.475 e. The van der Waals surface area contributed by atoms with Gasteiger partial charge < -0.3 is 20.6 Å². The van der Waals surface area contributed by atoms with Gasteiger partial charge in [-0.05, 0) is 28.8 Å². The summed E-state index contributed by atoms with van der Waals surface area (Å²) < 4.78 is 57.9. The van der Waals surface area contributed by atoms with Crippen LogP contribution in [0.1, 0.15) is 11.5 Å². The Kier molecular flexibility index (Phi) is 8.91. The van der Waals surface area contributed by atoms with E-state index < -0.39 is 36.2 Å². The van der Waals surface area contributed by atoms with Crippen molar-refractivity contribution < 1.29 is 41.4 Å². The van der Waals surface area contributed by atoms with Crippen molar-refractivity contribution in [1.29, 1.82) is 0 Å². The molecule has 2 aromatic carbocycles. The highest BCUT2D eigenvalue weighted by molar-refractivity contribution is 5.93. The van der Waals surface area contributed by atoms with Crippen LogP contribution >= 0.6 is 0 Å². The van der Waals surface area contributed by atoms with Gasteiger partial charge >= 0.3 is 12.1 Å². The van der Waals surface area contributed by atoms with Crippen LogP contribution in [0.5, 0.6) is 0 Å². The number of likely N-dealkylation sites (N-methyl/N-ethyl adjacent to an activating group) is 1. The Bertz CT molecular complexity index is 1040. The number of nitrogens with two attached hydrogens (primary N) is 1. The third-order valence-electron chi connectivity index (χ3n) is 5.19. The number of hydrogen-bond acceptors (Lipinski definition) is 4. The highest BCUT2D eigenvalue weighted by Gasteiger charge is 2.40. The molecule has 1 heterocycles. The molecule has 3 N–H and O–H groups in total. The minimum atomic E-state index is -5.08. The number of likely N-dealkylation sites (tertiary alicyclic amines) is 1. The molecule has 3 rings (SSSR count). The number of rotatable bonds is 5. The van der Waals surface area contributed by atoms with Gasteiger partial charge in [-0.15, -0.1) is 0 Å². The molecule has 2 amide bonds. The lowest BCUT2D eigenvalue weighted by molar-refractivity contribution is -0.192. The molecule has 0 radical (unpaired) electrons. The molecule has 0 aromatic heterocycles. The summed E-state index contributed by atoms with van der Waals surface area (Å²) in [4.78, 5) is 36.9. The number of nitrogens with zero attached hydrogens (tertiary/aromatic N) is 2. The number of aliphatic carboxylic acids is 1. The van der Waals surface area contributed by atoms with Gasteiger partial charge in [0.2, 0.25) is 11.8 Å². The monoisotopic (exact) mass is 501 g/mol. The van der Waals surface area contributed by atoms with E-state index in [-0.39, 0.29) is 24.8 Å². The summed E-state index contributed by atoms with van der Waals surface area (Å²) >= 11 is 0. The summed E-state index contributed by atoms with van der Waals surface area (Å²) in [5.74, 6) is -4.68. The number of amides is 2. The van der Waals surface area contributed by atoms with Crippen molar-refractivity contribution in [1.82, 2.24) is 9.80 Å². The number of halogens is 5. The first-order chi connectivity index (χ1) is 16.2. The average Bonchev–Trinajstić information content (AvgIpc) is 2.77. The van der Waals surface area contributed by atoms with E-state index in [1.54, 1.807) is 50.5 Å². The number of hydrogen-bond donors (Lipinski definition) is 2. The second-order valence-corrected chi connectivity index (χ2v) is 8.01. The molecule has 1 fully saturated rings. The number of carboxylic acid groups (broad SMARTS) is 1. The van der Waals surface area contributed by atoms with Crippen LogP contribution in [0.25, 0.3) is 11.1 Å². The van der Waals surface area contributed by atoms with E-state index in [1.807, 2.05) is 0 Å². The second kappa shape index (κ2) is 11.3. The first kappa shape index (κ1) is 27.7. The molecule has 0 unspecified atom stereocenters. The zero-order valence-electron chi connectivity index (χ0n) is 18.8. The van der Waals surface area contributed by atoms with Crippen LogP contribution < -0.4 is 5.73 Å². The Labute approximate surface area is 197 Å². The normalized spacial score (nSPS) is 15.3. The number of carbonyl (C=O) groups excluding carboxylic acids is 2. The Balaban J connectivity index is 0.000000540. The number of carbonyl (C=O) groups is 3. The van der Waals surface area contributed by atoms with Crippen LogP contribution in [0.15, 0.2) is 48.5 Å². The molecule has 35 heavy (non-hydrogen) atoms. The van der Waals surface area contributed by atoms with E-state index in [0.717, 1.165) is 11.1 Å². The summed E-state index contributed by atoms with van der Waals surface area (Å²) in [5, 5.41) is 7.12. The van der Waals surface area contributed by atoms with Crippen LogP contribution in [0, 0.1) is 5.82 Å². The minimum absolute atomic E-state index is 0.0128. The molecule has 1 saturated heterocycles. The van der Waals surface area contributed by atoms with Crippen LogP contribution in [0.3, 0.4) is 0 Å². The van der Waals surface area contributed by atoms with Crippen LogP contribution in [0.4, 0.5) is 22.0 Å². The molecule has 7 nitrogen and oxygen atoms in total. The SMILES string of the molecule is CN(C)C(=O)[C@@H](c1ccc(-c2ccc(F)cc2)cc1)[C@H](N)C(=O)N1CC(F)C1.O=C(O)C(F)(F)F. The van der Waals surface area contributed by atoms with Crippen molar-refractivity contribution >= 4 is 17.8 Å². The van der Waals surface area contributed by atoms with E-state index in [2.05, 4.69) is 0 Å². The lowest BCUT2D eigenvalue weighted by Gasteiger charge is -2.37. The molecular weight excluding hydrogens is 477 g/mol. The fourth-order valence-electron chi connectivity index (χ4n) is 3.27. The predicted molar refractivity (Wildman–Crippen MR) is 116 cm³/mol. The quantitative estimate of drug-likeness (QED) is 0.614. The van der Waals surface area contributed by atoms with E-state index in [9.17, 15) is 31.5 Å². The van der Waals surface area contributed by atoms with Crippen LogP contribution in [-0.4, -0.2) is 78.3 Å². The second-order valence-electron chi connectivity index (χ2n) is 8.01. The van der Waals surface area contributed by atoms with Gasteiger partial charge in [0.05, 0.1) is 19.0 Å². The van der Waals surface area contributed by atoms with Crippen molar-refractivity contribution in [2.75, 3.05) is 27.2 Å². The Morgan fingerprint density at radius 2 is 1.43 bits per heavy atom. The lowest BCUT2D eigenvalue weighted by atomic mass is 9.88. The number of alkyl halides is 4. The lowest BCUT2D eigenvalue weighted by Crippen LogP contribution is -2.58. The van der Waals surface area contributed by atoms with Crippen molar-refractivity contribution in [3.63, 3.8) is 0 Å². The maximum atomic E-state index is 13.1. The maximum absolute atomic E-state index is 13.1. The fourth-order valence-corrected chi connectivity index (χ4v) is 3.27. The fraction of sp³-hybridized carbons (Fsp3) is 0.348. The average molecular weight is 501 g/mol. The third-order valence-corrected chi connectivity index (χ3v) is 5.19. The first-order valence-corrected chi connectivity index (χ1v) is 10.3. The van der Waals surface area contributed by atoms with Crippen molar-refractivity contribution in [3.8, 4) is 11.1 Å². The van der Waals surface area contributed by atoms with Gasteiger partial charge in [0.15, 0.2) is 0 Å². The number of benzene rings is 2. The van der Waals surface area contributed by atoms with E-state index in [0.29, 0.717) is 5.56 Å². The first-order valence-electron chi connectivity index (χ1n) is 10.3. The molecule has 1 aliphatic heterocycles. The zero-order valence-corrected chi connectivity index (χ0v) is 18.8. The summed E-state index contributed by atoms with van der Waals surface area (Å²) in [6, 6.07) is 12.1. The predicted octanol–water partition coefficient (Wildman–Crippen LogP) is 2.81. The standard InChI is InChI=1S/C21H23F2N3O2.C2HF3O2/c1-25(2)20(27)18(19(24)21(28)26-11-17(23)12-26)15-5-3-13(4-6-15)14-7-9-16(22)10-8-14;3-2(4,5)1(6)7/h3-10,17-19H,11-12,24H2,1-2H3;(H,6,7)/t18-,19-;/m0./s1. The molecule has 0 saturated carbocycles. The zero-order chi connectivity index (χ0) is 26.5. The van der Waals surface area contributed by atoms with E-state index in [4.69, 9.17) is 15.6 Å². The van der Waals surface area contributed by atoms with Gasteiger partial charge in [0.25, 0.3) is 0 Å². The van der Waals surface area contributed by atoms with Crippen LogP contribution in [-0.2, 0) is 14.4 Å². The summed E-state index contributed by atoms with van der Waals surface area (Å²) in [5.41, 5.74) is 8.43. The van der Waals surface area contributed by atoms with Gasteiger partial charge in [-0.2, -0.15) is 13.2 Å². The highest BCUT2D eigenvalue weighted by atomic mass is 19.4. The van der Waals surface area contributed by atoms with E-state index >= 15 is 0 Å². The van der Waals surface area contributed by atoms with Crippen molar-refractivity contribution in [2.45, 2.75) is 24.3 Å². The molecule has 0 bridgehead atoms. The molecule has 2 aromatic rings. The summed E-state index contributed by atoms with van der Waals surface area (Å²) in [6.45, 7) is 0.0256. The largest absolute Gasteiger partial charge is 0.490 e. The highest BCUT2D eigenvalue weighted by Crippen LogP contribution is 2.27. The number of carboxylic acids is 1. The molecule has 1 aliphatic rings. The molecule has 12 heteroatoms. The molecule has 2 atom stereocenters. The van der Waals surface area contributed by atoms with Gasteiger partial charge in [0.1, 0.15) is 18.0 Å². The molecule has 0 spiro atoms. The molecular formula is C23H24F5N3O4.